The first-order valence-electron chi connectivity index (χ1n) is 6.03. The van der Waals surface area contributed by atoms with Crippen LogP contribution in [-0.4, -0.2) is 39.4 Å². The fraction of sp³-hybridized carbons (Fsp3) is 0.636. The Kier molecular flexibility index (Phi) is 5.47. The third-order valence-electron chi connectivity index (χ3n) is 3.29. The summed E-state index contributed by atoms with van der Waals surface area (Å²) < 4.78 is 27.9. The van der Waals surface area contributed by atoms with Crippen LogP contribution in [0.25, 0.3) is 0 Å². The maximum Gasteiger partial charge on any atom is 0.244 e. The summed E-state index contributed by atoms with van der Waals surface area (Å²) in [4.78, 5) is 0.348. The van der Waals surface area contributed by atoms with Gasteiger partial charge in [-0.1, -0.05) is 0 Å². The lowest BCUT2D eigenvalue weighted by Crippen LogP contribution is -2.37. The molecule has 1 aliphatic heterocycles. The van der Waals surface area contributed by atoms with Crippen molar-refractivity contribution in [1.82, 2.24) is 9.62 Å². The molecule has 0 bridgehead atoms. The van der Waals surface area contributed by atoms with Crippen molar-refractivity contribution < 1.29 is 8.42 Å². The second-order valence-electron chi connectivity index (χ2n) is 4.67. The smallest absolute Gasteiger partial charge is 0.244 e. The summed E-state index contributed by atoms with van der Waals surface area (Å²) in [7, 11) is -1.74. The number of halogens is 2. The zero-order chi connectivity index (χ0) is 14.0. The molecule has 19 heavy (non-hydrogen) atoms. The number of hydrogen-bond donors (Lipinski definition) is 1. The number of thiophene rings is 1. The van der Waals surface area contributed by atoms with Crippen LogP contribution in [0.3, 0.4) is 0 Å². The fourth-order valence-electron chi connectivity index (χ4n) is 2.19. The minimum Gasteiger partial charge on any atom is -0.317 e. The van der Waals surface area contributed by atoms with Crippen molar-refractivity contribution in [3.05, 3.63) is 13.6 Å². The Balaban J connectivity index is 2.12. The molecular weight excluding hydrogens is 416 g/mol. The molecule has 1 aromatic heterocycles. The van der Waals surface area contributed by atoms with E-state index in [1.165, 1.54) is 15.6 Å². The molecule has 0 aromatic carbocycles. The minimum absolute atomic E-state index is 0.348. The number of piperidine rings is 1. The first-order chi connectivity index (χ1) is 8.91. The molecule has 1 aromatic rings. The van der Waals surface area contributed by atoms with Crippen LogP contribution in [0.2, 0.25) is 0 Å². The predicted octanol–water partition coefficient (Wildman–Crippen LogP) is 2.89. The molecule has 0 aliphatic carbocycles. The van der Waals surface area contributed by atoms with E-state index in [9.17, 15) is 8.42 Å². The van der Waals surface area contributed by atoms with E-state index in [-0.39, 0.29) is 0 Å². The van der Waals surface area contributed by atoms with Gasteiger partial charge in [-0.25, -0.2) is 12.7 Å². The van der Waals surface area contributed by atoms with Crippen molar-refractivity contribution in [2.24, 2.45) is 5.92 Å². The van der Waals surface area contributed by atoms with E-state index in [0.717, 1.165) is 29.7 Å². The molecule has 0 amide bonds. The van der Waals surface area contributed by atoms with Gasteiger partial charge in [0.05, 0.1) is 7.57 Å². The van der Waals surface area contributed by atoms with Gasteiger partial charge in [0.25, 0.3) is 0 Å². The molecule has 0 saturated carbocycles. The van der Waals surface area contributed by atoms with Crippen molar-refractivity contribution in [3.63, 3.8) is 0 Å². The summed E-state index contributed by atoms with van der Waals surface area (Å²) in [5.74, 6) is 0.446. The SMILES string of the molecule is CN(CC1CCNCC1)S(=O)(=O)c1cc(Br)sc1Br. The Morgan fingerprint density at radius 2 is 2.05 bits per heavy atom. The van der Waals surface area contributed by atoms with Gasteiger partial charge >= 0.3 is 0 Å². The van der Waals surface area contributed by atoms with Crippen molar-refractivity contribution in [2.75, 3.05) is 26.7 Å². The molecule has 8 heteroatoms. The van der Waals surface area contributed by atoms with E-state index in [1.807, 2.05) is 0 Å². The van der Waals surface area contributed by atoms with Crippen LogP contribution < -0.4 is 5.32 Å². The van der Waals surface area contributed by atoms with Crippen LogP contribution in [0, 0.1) is 5.92 Å². The zero-order valence-electron chi connectivity index (χ0n) is 10.5. The molecule has 0 spiro atoms. The number of hydrogen-bond acceptors (Lipinski definition) is 4. The summed E-state index contributed by atoms with van der Waals surface area (Å²) in [5, 5.41) is 3.29. The normalized spacial score (nSPS) is 18.1. The van der Waals surface area contributed by atoms with E-state index in [4.69, 9.17) is 0 Å². The third kappa shape index (κ3) is 3.79. The van der Waals surface area contributed by atoms with E-state index in [0.29, 0.717) is 21.1 Å². The lowest BCUT2D eigenvalue weighted by Gasteiger charge is -2.27. The van der Waals surface area contributed by atoms with Gasteiger partial charge in [-0.05, 0) is 69.8 Å². The highest BCUT2D eigenvalue weighted by Gasteiger charge is 2.27. The average molecular weight is 432 g/mol. The second-order valence-corrected chi connectivity index (χ2v) is 10.4. The van der Waals surface area contributed by atoms with Crippen LogP contribution in [0.1, 0.15) is 12.8 Å². The second kappa shape index (κ2) is 6.53. The minimum atomic E-state index is -3.40. The fourth-order valence-corrected chi connectivity index (χ4v) is 7.20. The maximum absolute atomic E-state index is 12.5. The van der Waals surface area contributed by atoms with Gasteiger partial charge in [0.2, 0.25) is 10.0 Å². The highest BCUT2D eigenvalue weighted by molar-refractivity contribution is 9.12. The van der Waals surface area contributed by atoms with Crippen molar-refractivity contribution >= 4 is 53.2 Å². The van der Waals surface area contributed by atoms with Crippen molar-refractivity contribution in [3.8, 4) is 0 Å². The van der Waals surface area contributed by atoms with Crippen LogP contribution in [-0.2, 0) is 10.0 Å². The number of rotatable bonds is 4. The van der Waals surface area contributed by atoms with Gasteiger partial charge in [0, 0.05) is 13.6 Å². The Morgan fingerprint density at radius 1 is 1.42 bits per heavy atom. The summed E-state index contributed by atoms with van der Waals surface area (Å²) in [6.45, 7) is 2.54. The van der Waals surface area contributed by atoms with Crippen LogP contribution in [0.5, 0.6) is 0 Å². The monoisotopic (exact) mass is 430 g/mol. The highest BCUT2D eigenvalue weighted by Crippen LogP contribution is 2.36. The van der Waals surface area contributed by atoms with E-state index in [1.54, 1.807) is 13.1 Å². The molecule has 108 valence electrons. The van der Waals surface area contributed by atoms with Crippen LogP contribution in [0.4, 0.5) is 0 Å². The molecule has 1 fully saturated rings. The molecule has 0 atom stereocenters. The number of nitrogens with zero attached hydrogens (tertiary/aromatic N) is 1. The number of sulfonamides is 1. The molecule has 1 N–H and O–H groups in total. The van der Waals surface area contributed by atoms with Gasteiger partial charge in [-0.15, -0.1) is 11.3 Å². The average Bonchev–Trinajstić information content (AvgIpc) is 2.70. The standard InChI is InChI=1S/C11H16Br2N2O2S2/c1-15(7-8-2-4-14-5-3-8)19(16,17)9-6-10(12)18-11(9)13/h6,8,14H,2-5,7H2,1H3. The molecule has 2 heterocycles. The highest BCUT2D eigenvalue weighted by atomic mass is 79.9. The molecule has 2 rings (SSSR count). The van der Waals surface area contributed by atoms with E-state index in [2.05, 4.69) is 37.2 Å². The topological polar surface area (TPSA) is 49.4 Å². The quantitative estimate of drug-likeness (QED) is 0.797. The lowest BCUT2D eigenvalue weighted by molar-refractivity contribution is 0.311. The van der Waals surface area contributed by atoms with Crippen molar-refractivity contribution in [2.45, 2.75) is 17.7 Å². The predicted molar refractivity (Wildman–Crippen MR) is 85.1 cm³/mol. The largest absolute Gasteiger partial charge is 0.317 e. The first kappa shape index (κ1) is 15.9. The number of nitrogens with one attached hydrogen (secondary N) is 1. The Hall–Kier alpha value is 0.530. The Bertz CT molecular complexity index is 539. The lowest BCUT2D eigenvalue weighted by atomic mass is 9.98. The van der Waals surface area contributed by atoms with Gasteiger partial charge in [-0.3, -0.25) is 0 Å². The van der Waals surface area contributed by atoms with Crippen LogP contribution >= 0.6 is 43.2 Å². The molecule has 0 radical (unpaired) electrons. The third-order valence-corrected chi connectivity index (χ3v) is 7.87. The van der Waals surface area contributed by atoms with Gasteiger partial charge in [-0.2, -0.15) is 0 Å². The van der Waals surface area contributed by atoms with Crippen LogP contribution in [0.15, 0.2) is 18.5 Å². The molecular formula is C11H16Br2N2O2S2. The summed E-state index contributed by atoms with van der Waals surface area (Å²) in [6, 6.07) is 1.66. The first-order valence-corrected chi connectivity index (χ1v) is 9.87. The summed E-state index contributed by atoms with van der Waals surface area (Å²) in [6.07, 6.45) is 2.07. The Morgan fingerprint density at radius 3 is 2.58 bits per heavy atom. The van der Waals surface area contributed by atoms with E-state index < -0.39 is 10.0 Å². The van der Waals surface area contributed by atoms with Gasteiger partial charge < -0.3 is 5.32 Å². The summed E-state index contributed by atoms with van der Waals surface area (Å²) >= 11 is 8.02. The molecule has 4 nitrogen and oxygen atoms in total. The van der Waals surface area contributed by atoms with Gasteiger partial charge in [0.15, 0.2) is 0 Å². The van der Waals surface area contributed by atoms with Gasteiger partial charge in [0.1, 0.15) is 4.90 Å². The maximum atomic E-state index is 12.5. The van der Waals surface area contributed by atoms with Crippen molar-refractivity contribution in [1.29, 1.82) is 0 Å². The zero-order valence-corrected chi connectivity index (χ0v) is 15.3. The molecule has 1 aliphatic rings. The molecule has 0 unspecified atom stereocenters. The molecule has 1 saturated heterocycles. The summed E-state index contributed by atoms with van der Waals surface area (Å²) in [5.41, 5.74) is 0. The van der Waals surface area contributed by atoms with E-state index >= 15 is 0 Å². The Labute approximate surface area is 134 Å².